The van der Waals surface area contributed by atoms with Gasteiger partial charge in [0.05, 0.1) is 11.7 Å². The molecule has 10 heavy (non-hydrogen) atoms. The zero-order valence-electron chi connectivity index (χ0n) is 6.83. The number of aliphatic hydroxyl groups excluding tert-OH is 1. The molecule has 0 aromatic rings. The highest BCUT2D eigenvalue weighted by Gasteiger charge is 2.31. The second-order valence-electron chi connectivity index (χ2n) is 2.93. The van der Waals surface area contributed by atoms with Gasteiger partial charge in [-0.3, -0.25) is 0 Å². The molecule has 3 unspecified atom stereocenters. The highest BCUT2D eigenvalue weighted by Crippen LogP contribution is 2.21. The molecule has 0 aliphatic rings. The molecule has 0 radical (unpaired) electrons. The smallest absolute Gasteiger partial charge is 0.0934 e. The number of hydrogen-bond acceptors (Lipinski definition) is 2. The number of rotatable bonds is 3. The molecule has 0 amide bonds. The quantitative estimate of drug-likeness (QED) is 0.579. The molecule has 3 atom stereocenters. The molecule has 0 aromatic carbocycles. The van der Waals surface area contributed by atoms with E-state index in [0.29, 0.717) is 0 Å². The third-order valence-electron chi connectivity index (χ3n) is 2.12. The Balaban J connectivity index is 4.22. The first kappa shape index (κ1) is 9.66. The van der Waals surface area contributed by atoms with Gasteiger partial charge in [-0.05, 0) is 13.8 Å². The minimum atomic E-state index is -1.05. The molecule has 2 nitrogen and oxygen atoms in total. The Hall–Kier alpha value is -0.340. The van der Waals surface area contributed by atoms with Crippen LogP contribution in [0.3, 0.4) is 0 Å². The maximum atomic E-state index is 9.54. The van der Waals surface area contributed by atoms with Crippen LogP contribution >= 0.6 is 0 Å². The lowest BCUT2D eigenvalue weighted by Crippen LogP contribution is -2.42. The maximum absolute atomic E-state index is 9.54. The Morgan fingerprint density at radius 2 is 1.90 bits per heavy atom. The molecule has 2 heteroatoms. The summed E-state index contributed by atoms with van der Waals surface area (Å²) in [4.78, 5) is 0. The van der Waals surface area contributed by atoms with Crippen molar-refractivity contribution in [1.29, 1.82) is 0 Å². The van der Waals surface area contributed by atoms with E-state index in [1.807, 2.05) is 6.92 Å². The van der Waals surface area contributed by atoms with Crippen molar-refractivity contribution in [2.45, 2.75) is 32.5 Å². The fraction of sp³-hybridized carbons (Fsp3) is 0.750. The fourth-order valence-corrected chi connectivity index (χ4v) is 0.619. The topological polar surface area (TPSA) is 40.5 Å². The Bertz CT molecular complexity index is 116. The molecular weight excluding hydrogens is 128 g/mol. The predicted octanol–water partition coefficient (Wildman–Crippen LogP) is 0.940. The lowest BCUT2D eigenvalue weighted by Gasteiger charge is -2.30. The first-order valence-corrected chi connectivity index (χ1v) is 3.46. The molecule has 0 bridgehead atoms. The summed E-state index contributed by atoms with van der Waals surface area (Å²) in [6, 6.07) is 0. The van der Waals surface area contributed by atoms with Gasteiger partial charge in [-0.2, -0.15) is 0 Å². The van der Waals surface area contributed by atoms with E-state index in [2.05, 4.69) is 6.58 Å². The normalized spacial score (nSPS) is 22.9. The van der Waals surface area contributed by atoms with Crippen LogP contribution in [0.1, 0.15) is 20.8 Å². The van der Waals surface area contributed by atoms with Gasteiger partial charge in [-0.15, -0.1) is 6.58 Å². The summed E-state index contributed by atoms with van der Waals surface area (Å²) in [5.74, 6) is -0.0903. The molecule has 0 fully saturated rings. The summed E-state index contributed by atoms with van der Waals surface area (Å²) in [7, 11) is 0. The van der Waals surface area contributed by atoms with Crippen molar-refractivity contribution < 1.29 is 10.2 Å². The Morgan fingerprint density at radius 1 is 1.50 bits per heavy atom. The van der Waals surface area contributed by atoms with Gasteiger partial charge in [0.25, 0.3) is 0 Å². The van der Waals surface area contributed by atoms with Crippen molar-refractivity contribution >= 4 is 0 Å². The van der Waals surface area contributed by atoms with Crippen LogP contribution in [-0.2, 0) is 0 Å². The van der Waals surface area contributed by atoms with Crippen molar-refractivity contribution in [2.24, 2.45) is 5.92 Å². The fourth-order valence-electron chi connectivity index (χ4n) is 0.619. The Labute approximate surface area is 62.2 Å². The van der Waals surface area contributed by atoms with Gasteiger partial charge >= 0.3 is 0 Å². The van der Waals surface area contributed by atoms with Gasteiger partial charge in [0.15, 0.2) is 0 Å². The second kappa shape index (κ2) is 3.17. The average Bonchev–Trinajstić information content (AvgIpc) is 1.86. The van der Waals surface area contributed by atoms with Crippen molar-refractivity contribution in [2.75, 3.05) is 0 Å². The summed E-state index contributed by atoms with van der Waals surface area (Å²) in [6.45, 7) is 8.53. The van der Waals surface area contributed by atoms with Crippen molar-refractivity contribution in [3.05, 3.63) is 12.7 Å². The van der Waals surface area contributed by atoms with Gasteiger partial charge in [-0.25, -0.2) is 0 Å². The average molecular weight is 144 g/mol. The van der Waals surface area contributed by atoms with Gasteiger partial charge in [0.2, 0.25) is 0 Å². The van der Waals surface area contributed by atoms with E-state index in [9.17, 15) is 5.11 Å². The number of aliphatic hydroxyl groups is 2. The highest BCUT2D eigenvalue weighted by atomic mass is 16.3. The van der Waals surface area contributed by atoms with Crippen LogP contribution in [0.15, 0.2) is 12.7 Å². The van der Waals surface area contributed by atoms with Gasteiger partial charge in [-0.1, -0.05) is 13.0 Å². The zero-order valence-corrected chi connectivity index (χ0v) is 6.83. The minimum Gasteiger partial charge on any atom is -0.390 e. The molecule has 0 aliphatic carbocycles. The summed E-state index contributed by atoms with van der Waals surface area (Å²) in [6.07, 6.45) is 0.910. The van der Waals surface area contributed by atoms with Crippen LogP contribution in [0.5, 0.6) is 0 Å². The SMILES string of the molecule is C=CC(C)C(C)(O)C(C)O. The monoisotopic (exact) mass is 144 g/mol. The lowest BCUT2D eigenvalue weighted by atomic mass is 9.86. The molecule has 0 saturated heterocycles. The molecule has 0 aliphatic heterocycles. The van der Waals surface area contributed by atoms with Crippen molar-refractivity contribution in [1.82, 2.24) is 0 Å². The van der Waals surface area contributed by atoms with Gasteiger partial charge in [0, 0.05) is 5.92 Å². The van der Waals surface area contributed by atoms with Gasteiger partial charge < -0.3 is 10.2 Å². The highest BCUT2D eigenvalue weighted by molar-refractivity contribution is 4.93. The molecule has 0 saturated carbocycles. The summed E-state index contributed by atoms with van der Waals surface area (Å²) < 4.78 is 0. The lowest BCUT2D eigenvalue weighted by molar-refractivity contribution is -0.0758. The standard InChI is InChI=1S/C8H16O2/c1-5-6(2)8(4,10)7(3)9/h5-7,9-10H,1H2,2-4H3. The Morgan fingerprint density at radius 3 is 2.00 bits per heavy atom. The molecule has 0 aromatic heterocycles. The van der Waals surface area contributed by atoms with Crippen LogP contribution in [0.25, 0.3) is 0 Å². The second-order valence-corrected chi connectivity index (χ2v) is 2.93. The van der Waals surface area contributed by atoms with E-state index in [4.69, 9.17) is 5.11 Å². The van der Waals surface area contributed by atoms with Crippen molar-refractivity contribution in [3.63, 3.8) is 0 Å². The zero-order chi connectivity index (χ0) is 8.36. The predicted molar refractivity (Wildman–Crippen MR) is 41.7 cm³/mol. The largest absolute Gasteiger partial charge is 0.390 e. The first-order valence-electron chi connectivity index (χ1n) is 3.46. The maximum Gasteiger partial charge on any atom is 0.0934 e. The molecule has 0 rings (SSSR count). The summed E-state index contributed by atoms with van der Waals surface area (Å²) in [5, 5.41) is 18.6. The minimum absolute atomic E-state index is 0.0903. The molecule has 2 N–H and O–H groups in total. The van der Waals surface area contributed by atoms with Crippen LogP contribution in [0.4, 0.5) is 0 Å². The molecular formula is C8H16O2. The van der Waals surface area contributed by atoms with Gasteiger partial charge in [0.1, 0.15) is 0 Å². The molecule has 0 heterocycles. The first-order chi connectivity index (χ1) is 4.42. The third kappa shape index (κ3) is 1.82. The van der Waals surface area contributed by atoms with E-state index in [-0.39, 0.29) is 5.92 Å². The van der Waals surface area contributed by atoms with E-state index in [0.717, 1.165) is 0 Å². The number of hydrogen-bond donors (Lipinski definition) is 2. The van der Waals surface area contributed by atoms with Crippen LogP contribution in [0, 0.1) is 5.92 Å². The van der Waals surface area contributed by atoms with Crippen molar-refractivity contribution in [3.8, 4) is 0 Å². The van der Waals surface area contributed by atoms with Crippen LogP contribution in [0.2, 0.25) is 0 Å². The van der Waals surface area contributed by atoms with Crippen LogP contribution in [-0.4, -0.2) is 21.9 Å². The van der Waals surface area contributed by atoms with E-state index in [1.54, 1.807) is 19.9 Å². The molecule has 60 valence electrons. The van der Waals surface area contributed by atoms with Crippen LogP contribution < -0.4 is 0 Å². The van der Waals surface area contributed by atoms with E-state index < -0.39 is 11.7 Å². The van der Waals surface area contributed by atoms with E-state index >= 15 is 0 Å². The third-order valence-corrected chi connectivity index (χ3v) is 2.12. The van der Waals surface area contributed by atoms with E-state index in [1.165, 1.54) is 0 Å². The summed E-state index contributed by atoms with van der Waals surface area (Å²) in [5.41, 5.74) is -1.05. The molecule has 0 spiro atoms. The summed E-state index contributed by atoms with van der Waals surface area (Å²) >= 11 is 0. The Kier molecular flexibility index (Phi) is 3.06.